The Hall–Kier alpha value is -3.47. The van der Waals surface area contributed by atoms with Gasteiger partial charge in [0, 0.05) is 27.1 Å². The van der Waals surface area contributed by atoms with Gasteiger partial charge >= 0.3 is 5.97 Å². The summed E-state index contributed by atoms with van der Waals surface area (Å²) >= 11 is 10.9. The van der Waals surface area contributed by atoms with Crippen molar-refractivity contribution in [3.8, 4) is 11.4 Å². The van der Waals surface area contributed by atoms with Crippen molar-refractivity contribution in [2.24, 2.45) is 4.99 Å². The molecule has 0 spiro atoms. The van der Waals surface area contributed by atoms with Gasteiger partial charge in [0.15, 0.2) is 4.80 Å². The van der Waals surface area contributed by atoms with Crippen LogP contribution in [0.5, 0.6) is 5.75 Å². The fraction of sp³-hybridized carbons (Fsp3) is 0.281. The maximum atomic E-state index is 14.2. The van der Waals surface area contributed by atoms with Gasteiger partial charge < -0.3 is 14.0 Å². The second kappa shape index (κ2) is 12.6. The number of nitrogens with zero attached hydrogens (tertiary/aromatic N) is 3. The van der Waals surface area contributed by atoms with E-state index in [4.69, 9.17) is 26.1 Å². The third-order valence-electron chi connectivity index (χ3n) is 7.30. The van der Waals surface area contributed by atoms with Gasteiger partial charge in [-0.1, -0.05) is 52.2 Å². The summed E-state index contributed by atoms with van der Waals surface area (Å²) in [6, 6.07) is 11.2. The fourth-order valence-corrected chi connectivity index (χ4v) is 6.99. The Balaban J connectivity index is 1.76. The Morgan fingerprint density at radius 2 is 1.95 bits per heavy atom. The number of halogens is 3. The molecule has 224 valence electrons. The molecule has 0 amide bonds. The van der Waals surface area contributed by atoms with Gasteiger partial charge in [-0.2, -0.15) is 0 Å². The van der Waals surface area contributed by atoms with Crippen LogP contribution in [0.1, 0.15) is 55.2 Å². The first-order chi connectivity index (χ1) is 20.6. The van der Waals surface area contributed by atoms with Crippen molar-refractivity contribution in [1.82, 2.24) is 9.13 Å². The molecule has 0 fully saturated rings. The molecule has 11 heteroatoms. The molecule has 0 saturated carbocycles. The number of ether oxygens (including phenoxy) is 2. The Morgan fingerprint density at radius 3 is 2.63 bits per heavy atom. The lowest BCUT2D eigenvalue weighted by Crippen LogP contribution is -2.40. The molecule has 2 aromatic carbocycles. The molecule has 0 radical (unpaired) electrons. The average Bonchev–Trinajstić information content (AvgIpc) is 3.43. The number of aryl methyl sites for hydroxylation is 1. The van der Waals surface area contributed by atoms with Crippen LogP contribution in [-0.4, -0.2) is 28.8 Å². The summed E-state index contributed by atoms with van der Waals surface area (Å²) in [4.78, 5) is 33.0. The normalized spacial score (nSPS) is 15.0. The highest BCUT2D eigenvalue weighted by molar-refractivity contribution is 9.10. The van der Waals surface area contributed by atoms with Crippen LogP contribution < -0.4 is 19.6 Å². The number of fused-ring (bicyclic) bond motifs is 1. The summed E-state index contributed by atoms with van der Waals surface area (Å²) in [5.74, 6) is -0.475. The molecule has 0 unspecified atom stereocenters. The summed E-state index contributed by atoms with van der Waals surface area (Å²) < 4.78 is 29.8. The van der Waals surface area contributed by atoms with Gasteiger partial charge in [0.1, 0.15) is 17.6 Å². The van der Waals surface area contributed by atoms with Crippen molar-refractivity contribution >= 4 is 50.9 Å². The Bertz CT molecular complexity index is 1960. The lowest BCUT2D eigenvalue weighted by Gasteiger charge is -2.27. The molecule has 4 aromatic rings. The van der Waals surface area contributed by atoms with Crippen LogP contribution in [0.15, 0.2) is 68.0 Å². The van der Waals surface area contributed by atoms with Crippen LogP contribution in [0, 0.1) is 19.7 Å². The minimum Gasteiger partial charge on any atom is -0.496 e. The molecular weight excluding hydrogens is 657 g/mol. The fourth-order valence-electron chi connectivity index (χ4n) is 5.43. The highest BCUT2D eigenvalue weighted by atomic mass is 79.9. The number of benzene rings is 2. The molecule has 0 aliphatic carbocycles. The molecule has 1 aliphatic heterocycles. The number of hydrogen-bond acceptors (Lipinski definition) is 6. The standard InChI is InChI=1S/C32H30BrClFN3O4S/c1-6-8-25-28(31(40)42-7-2)29(22-15-20(33)9-12-26(22)41-5)38-30(39)27(43-32(38)36-25)14-19-13-17(3)37(18(19)4)21-10-11-24(35)23(34)16-21/h9-16,29H,6-8H2,1-5H3/b27-14+/t29-/m0/s1. The maximum absolute atomic E-state index is 14.2. The minimum absolute atomic E-state index is 0.0307. The van der Waals surface area contributed by atoms with Crippen LogP contribution >= 0.6 is 38.9 Å². The van der Waals surface area contributed by atoms with E-state index in [0.717, 1.165) is 27.8 Å². The largest absolute Gasteiger partial charge is 0.496 e. The van der Waals surface area contributed by atoms with Crippen molar-refractivity contribution in [2.45, 2.75) is 46.6 Å². The van der Waals surface area contributed by atoms with Crippen molar-refractivity contribution in [3.05, 3.63) is 111 Å². The van der Waals surface area contributed by atoms with Gasteiger partial charge in [-0.3, -0.25) is 9.36 Å². The van der Waals surface area contributed by atoms with E-state index in [1.54, 1.807) is 36.8 Å². The van der Waals surface area contributed by atoms with E-state index in [-0.39, 0.29) is 17.2 Å². The van der Waals surface area contributed by atoms with Crippen LogP contribution in [0.3, 0.4) is 0 Å². The first-order valence-electron chi connectivity index (χ1n) is 13.8. The average molecular weight is 687 g/mol. The number of allylic oxidation sites excluding steroid dienone is 1. The number of carbonyl (C=O) groups is 1. The summed E-state index contributed by atoms with van der Waals surface area (Å²) in [5, 5.41) is 0.0307. The smallest absolute Gasteiger partial charge is 0.338 e. The summed E-state index contributed by atoms with van der Waals surface area (Å²) in [6.45, 7) is 7.81. The number of thiazole rings is 1. The third-order valence-corrected chi connectivity index (χ3v) is 9.06. The molecule has 5 rings (SSSR count). The molecule has 0 saturated heterocycles. The van der Waals surface area contributed by atoms with Gasteiger partial charge in [-0.15, -0.1) is 0 Å². The summed E-state index contributed by atoms with van der Waals surface area (Å²) in [7, 11) is 1.56. The Kier molecular flexibility index (Phi) is 9.10. The van der Waals surface area contributed by atoms with Gasteiger partial charge in [0.25, 0.3) is 5.56 Å². The van der Waals surface area contributed by atoms with E-state index in [1.165, 1.54) is 17.4 Å². The van der Waals surface area contributed by atoms with E-state index < -0.39 is 17.8 Å². The molecule has 1 atom stereocenters. The van der Waals surface area contributed by atoms with Gasteiger partial charge in [0.05, 0.1) is 34.5 Å². The monoisotopic (exact) mass is 685 g/mol. The predicted octanol–water partition coefficient (Wildman–Crippen LogP) is 6.55. The van der Waals surface area contributed by atoms with Crippen molar-refractivity contribution in [2.75, 3.05) is 13.7 Å². The number of rotatable bonds is 8. The lowest BCUT2D eigenvalue weighted by molar-refractivity contribution is -0.139. The van der Waals surface area contributed by atoms with Crippen molar-refractivity contribution in [1.29, 1.82) is 0 Å². The highest BCUT2D eigenvalue weighted by Gasteiger charge is 2.36. The molecule has 43 heavy (non-hydrogen) atoms. The van der Waals surface area contributed by atoms with Crippen LogP contribution in [0.25, 0.3) is 11.8 Å². The van der Waals surface area contributed by atoms with Crippen LogP contribution in [0.4, 0.5) is 4.39 Å². The Labute approximate surface area is 265 Å². The first-order valence-corrected chi connectivity index (χ1v) is 15.8. The number of carbonyl (C=O) groups excluding carboxylic acids is 1. The maximum Gasteiger partial charge on any atom is 0.338 e. The summed E-state index contributed by atoms with van der Waals surface area (Å²) in [6.07, 6.45) is 3.11. The second-order valence-electron chi connectivity index (χ2n) is 10.1. The molecule has 0 bridgehead atoms. The van der Waals surface area contributed by atoms with Crippen LogP contribution in [-0.2, 0) is 9.53 Å². The molecule has 0 N–H and O–H groups in total. The second-order valence-corrected chi connectivity index (χ2v) is 12.4. The highest BCUT2D eigenvalue weighted by Crippen LogP contribution is 2.38. The number of aromatic nitrogens is 2. The molecule has 3 heterocycles. The van der Waals surface area contributed by atoms with E-state index >= 15 is 0 Å². The molecule has 1 aliphatic rings. The zero-order valence-electron chi connectivity index (χ0n) is 24.3. The quantitative estimate of drug-likeness (QED) is 0.197. The SMILES string of the molecule is CCCC1=C(C(=O)OCC)[C@H](c2cc(Br)ccc2OC)n2c(s/c(=C/c3cc(C)n(-c4ccc(F)c(Cl)c4)c3C)c2=O)=N1. The lowest BCUT2D eigenvalue weighted by atomic mass is 9.93. The topological polar surface area (TPSA) is 74.8 Å². The van der Waals surface area contributed by atoms with E-state index in [2.05, 4.69) is 15.9 Å². The zero-order chi connectivity index (χ0) is 31.0. The van der Waals surface area contributed by atoms with E-state index in [9.17, 15) is 14.0 Å². The molecule has 2 aromatic heterocycles. The summed E-state index contributed by atoms with van der Waals surface area (Å²) in [5.41, 5.74) is 4.55. The van der Waals surface area contributed by atoms with Crippen molar-refractivity contribution in [3.63, 3.8) is 0 Å². The third kappa shape index (κ3) is 5.75. The van der Waals surface area contributed by atoms with Gasteiger partial charge in [-0.05, 0) is 81.3 Å². The molecule has 7 nitrogen and oxygen atoms in total. The number of methoxy groups -OCH3 is 1. The minimum atomic E-state index is -0.805. The molecular formula is C32H30BrClFN3O4S. The predicted molar refractivity (Wildman–Crippen MR) is 171 cm³/mol. The van der Waals surface area contributed by atoms with Crippen molar-refractivity contribution < 1.29 is 18.7 Å². The van der Waals surface area contributed by atoms with Gasteiger partial charge in [0.2, 0.25) is 0 Å². The first kappa shape index (κ1) is 31.0. The zero-order valence-corrected chi connectivity index (χ0v) is 27.5. The van der Waals surface area contributed by atoms with Gasteiger partial charge in [-0.25, -0.2) is 14.2 Å². The van der Waals surface area contributed by atoms with E-state index in [1.807, 2.05) is 49.6 Å². The van der Waals surface area contributed by atoms with E-state index in [0.29, 0.717) is 44.0 Å². The van der Waals surface area contributed by atoms with Crippen LogP contribution in [0.2, 0.25) is 5.02 Å². The number of esters is 1. The Morgan fingerprint density at radius 1 is 1.19 bits per heavy atom. The number of hydrogen-bond donors (Lipinski definition) is 0.